The zero-order valence-corrected chi connectivity index (χ0v) is 10.4. The van der Waals surface area contributed by atoms with Gasteiger partial charge in [0.2, 0.25) is 0 Å². The third kappa shape index (κ3) is 3.57. The highest BCUT2D eigenvalue weighted by Crippen LogP contribution is 2.33. The Labute approximate surface area is 101 Å². The monoisotopic (exact) mass is 347 g/mol. The van der Waals surface area contributed by atoms with E-state index in [9.17, 15) is 13.2 Å². The van der Waals surface area contributed by atoms with E-state index in [-0.39, 0.29) is 11.1 Å². The summed E-state index contributed by atoms with van der Waals surface area (Å²) in [5.41, 5.74) is 6.23. The van der Waals surface area contributed by atoms with E-state index in [1.165, 1.54) is 12.1 Å². The van der Waals surface area contributed by atoms with Crippen LogP contribution in [-0.4, -0.2) is 6.36 Å². The fourth-order valence-electron chi connectivity index (χ4n) is 0.943. The smallest absolute Gasteiger partial charge is 0.405 e. The number of alkyl halides is 4. The van der Waals surface area contributed by atoms with Gasteiger partial charge in [-0.2, -0.15) is 0 Å². The molecule has 15 heavy (non-hydrogen) atoms. The summed E-state index contributed by atoms with van der Waals surface area (Å²) in [5.74, 6) is -0.263. The van der Waals surface area contributed by atoms with E-state index in [0.717, 1.165) is 0 Å². The van der Waals surface area contributed by atoms with Crippen molar-refractivity contribution in [3.05, 3.63) is 22.2 Å². The molecule has 2 N–H and O–H groups in total. The molecule has 0 saturated carbocycles. The molecule has 7 heteroatoms. The van der Waals surface area contributed by atoms with Gasteiger partial charge in [-0.05, 0) is 28.1 Å². The lowest BCUT2D eigenvalue weighted by atomic mass is 10.2. The van der Waals surface area contributed by atoms with Crippen molar-refractivity contribution in [1.82, 2.24) is 0 Å². The molecule has 0 aliphatic heterocycles. The molecular formula is C8H6Br2F3NO. The summed E-state index contributed by atoms with van der Waals surface area (Å²) in [6.45, 7) is 0. The van der Waals surface area contributed by atoms with Crippen LogP contribution in [-0.2, 0) is 5.33 Å². The van der Waals surface area contributed by atoms with Crippen LogP contribution in [0.5, 0.6) is 5.75 Å². The molecule has 1 aromatic rings. The molecule has 0 fully saturated rings. The average molecular weight is 349 g/mol. The average Bonchev–Trinajstić information content (AvgIpc) is 2.08. The summed E-state index contributed by atoms with van der Waals surface area (Å²) in [4.78, 5) is 0. The first-order valence-electron chi connectivity index (χ1n) is 3.73. The molecule has 0 heterocycles. The van der Waals surface area contributed by atoms with E-state index in [2.05, 4.69) is 36.6 Å². The normalized spacial score (nSPS) is 11.5. The zero-order chi connectivity index (χ0) is 11.6. The summed E-state index contributed by atoms with van der Waals surface area (Å²) in [6.07, 6.45) is -4.70. The molecular weight excluding hydrogens is 343 g/mol. The molecule has 2 nitrogen and oxygen atoms in total. The lowest BCUT2D eigenvalue weighted by Crippen LogP contribution is -2.18. The maximum absolute atomic E-state index is 12.0. The molecule has 0 radical (unpaired) electrons. The van der Waals surface area contributed by atoms with Gasteiger partial charge in [-0.3, -0.25) is 0 Å². The Bertz CT molecular complexity index is 368. The highest BCUT2D eigenvalue weighted by Gasteiger charge is 2.32. The Balaban J connectivity index is 3.11. The Kier molecular flexibility index (Phi) is 3.88. The van der Waals surface area contributed by atoms with Gasteiger partial charge in [0.25, 0.3) is 0 Å². The van der Waals surface area contributed by atoms with E-state index in [4.69, 9.17) is 5.73 Å². The van der Waals surface area contributed by atoms with Gasteiger partial charge in [-0.1, -0.05) is 15.9 Å². The Hall–Kier alpha value is -0.430. The first kappa shape index (κ1) is 12.6. The van der Waals surface area contributed by atoms with Gasteiger partial charge in [0, 0.05) is 21.1 Å². The van der Waals surface area contributed by atoms with Crippen molar-refractivity contribution >= 4 is 37.5 Å². The molecule has 0 spiro atoms. The minimum atomic E-state index is -4.70. The van der Waals surface area contributed by atoms with Gasteiger partial charge in [-0.15, -0.1) is 13.2 Å². The van der Waals surface area contributed by atoms with Crippen molar-refractivity contribution in [1.29, 1.82) is 0 Å². The highest BCUT2D eigenvalue weighted by molar-refractivity contribution is 9.10. The van der Waals surface area contributed by atoms with Crippen LogP contribution >= 0.6 is 31.9 Å². The van der Waals surface area contributed by atoms with E-state index in [1.54, 1.807) is 0 Å². The molecule has 0 saturated heterocycles. The molecule has 0 aliphatic rings. The van der Waals surface area contributed by atoms with Crippen LogP contribution in [0.15, 0.2) is 16.6 Å². The van der Waals surface area contributed by atoms with E-state index < -0.39 is 6.36 Å². The predicted octanol–water partition coefficient (Wildman–Crippen LogP) is 3.82. The van der Waals surface area contributed by atoms with Crippen molar-refractivity contribution in [3.8, 4) is 5.75 Å². The lowest BCUT2D eigenvalue weighted by Gasteiger charge is -2.13. The number of nitrogen functional groups attached to an aromatic ring is 1. The standard InChI is InChI=1S/C8H6Br2F3NO/c9-3-4-1-6(14)5(10)2-7(4)15-8(11,12)13/h1-2H,3,14H2. The number of benzene rings is 1. The SMILES string of the molecule is Nc1cc(CBr)c(OC(F)(F)F)cc1Br. The first-order chi connectivity index (χ1) is 6.83. The minimum absolute atomic E-state index is 0.232. The summed E-state index contributed by atoms with van der Waals surface area (Å²) < 4.78 is 40.2. The second-order valence-corrected chi connectivity index (χ2v) is 4.08. The number of anilines is 1. The van der Waals surface area contributed by atoms with Crippen LogP contribution in [0.2, 0.25) is 0 Å². The topological polar surface area (TPSA) is 35.2 Å². The Morgan fingerprint density at radius 3 is 2.40 bits per heavy atom. The second kappa shape index (κ2) is 4.61. The minimum Gasteiger partial charge on any atom is -0.405 e. The summed E-state index contributed by atoms with van der Waals surface area (Å²) in [6, 6.07) is 2.61. The van der Waals surface area contributed by atoms with Gasteiger partial charge in [-0.25, -0.2) is 0 Å². The maximum atomic E-state index is 12.0. The second-order valence-electron chi connectivity index (χ2n) is 2.66. The van der Waals surface area contributed by atoms with Crippen LogP contribution in [0.4, 0.5) is 18.9 Å². The van der Waals surface area contributed by atoms with Crippen molar-refractivity contribution in [2.45, 2.75) is 11.7 Å². The fourth-order valence-corrected chi connectivity index (χ4v) is 1.70. The molecule has 0 amide bonds. The number of rotatable bonds is 2. The number of halogens is 5. The largest absolute Gasteiger partial charge is 0.573 e. The third-order valence-corrected chi connectivity index (χ3v) is 2.84. The maximum Gasteiger partial charge on any atom is 0.573 e. The van der Waals surface area contributed by atoms with Crippen LogP contribution in [0.3, 0.4) is 0 Å². The molecule has 84 valence electrons. The van der Waals surface area contributed by atoms with E-state index >= 15 is 0 Å². The first-order valence-corrected chi connectivity index (χ1v) is 5.64. The molecule has 0 aliphatic carbocycles. The van der Waals surface area contributed by atoms with Gasteiger partial charge in [0.1, 0.15) is 5.75 Å². The Morgan fingerprint density at radius 2 is 1.93 bits per heavy atom. The van der Waals surface area contributed by atoms with Gasteiger partial charge in [0.05, 0.1) is 0 Å². The quantitative estimate of drug-likeness (QED) is 0.651. The highest BCUT2D eigenvalue weighted by atomic mass is 79.9. The molecule has 0 aromatic heterocycles. The van der Waals surface area contributed by atoms with Crippen molar-refractivity contribution < 1.29 is 17.9 Å². The van der Waals surface area contributed by atoms with Crippen molar-refractivity contribution in [3.63, 3.8) is 0 Å². The van der Waals surface area contributed by atoms with Gasteiger partial charge < -0.3 is 10.5 Å². The number of hydrogen-bond donors (Lipinski definition) is 1. The summed E-state index contributed by atoms with van der Waals surface area (Å²) in [5, 5.41) is 0.232. The van der Waals surface area contributed by atoms with Gasteiger partial charge >= 0.3 is 6.36 Å². The van der Waals surface area contributed by atoms with E-state index in [1.807, 2.05) is 0 Å². The molecule has 1 aromatic carbocycles. The molecule has 1 rings (SSSR count). The molecule has 0 bridgehead atoms. The van der Waals surface area contributed by atoms with E-state index in [0.29, 0.717) is 15.7 Å². The Morgan fingerprint density at radius 1 is 1.33 bits per heavy atom. The number of nitrogens with two attached hydrogens (primary N) is 1. The van der Waals surface area contributed by atoms with Crippen LogP contribution < -0.4 is 10.5 Å². The molecule has 0 unspecified atom stereocenters. The predicted molar refractivity (Wildman–Crippen MR) is 57.9 cm³/mol. The summed E-state index contributed by atoms with van der Waals surface area (Å²) >= 11 is 6.09. The van der Waals surface area contributed by atoms with Crippen LogP contribution in [0.25, 0.3) is 0 Å². The summed E-state index contributed by atoms with van der Waals surface area (Å²) in [7, 11) is 0. The van der Waals surface area contributed by atoms with Crippen LogP contribution in [0, 0.1) is 0 Å². The third-order valence-electron chi connectivity index (χ3n) is 1.55. The lowest BCUT2D eigenvalue weighted by molar-refractivity contribution is -0.274. The van der Waals surface area contributed by atoms with Crippen LogP contribution in [0.1, 0.15) is 5.56 Å². The zero-order valence-electron chi connectivity index (χ0n) is 7.24. The van der Waals surface area contributed by atoms with Crippen molar-refractivity contribution in [2.75, 3.05) is 5.73 Å². The number of ether oxygens (including phenoxy) is 1. The van der Waals surface area contributed by atoms with Crippen molar-refractivity contribution in [2.24, 2.45) is 0 Å². The molecule has 0 atom stereocenters. The van der Waals surface area contributed by atoms with Gasteiger partial charge in [0.15, 0.2) is 0 Å². The fraction of sp³-hybridized carbons (Fsp3) is 0.250. The number of hydrogen-bond acceptors (Lipinski definition) is 2.